The van der Waals surface area contributed by atoms with Crippen molar-refractivity contribution in [1.82, 2.24) is 5.32 Å². The molecule has 0 heterocycles. The molecule has 5 nitrogen and oxygen atoms in total. The Labute approximate surface area is 81.0 Å². The summed E-state index contributed by atoms with van der Waals surface area (Å²) in [5, 5.41) is 13.4. The van der Waals surface area contributed by atoms with Crippen LogP contribution in [0.3, 0.4) is 0 Å². The van der Waals surface area contributed by atoms with Crippen LogP contribution in [0.4, 0.5) is 4.79 Å². The summed E-state index contributed by atoms with van der Waals surface area (Å²) in [5.74, 6) is 0.430. The Balaban J connectivity index is 2.68. The molecule has 0 radical (unpaired) electrons. The topological polar surface area (TPSA) is 70.9 Å². The van der Waals surface area contributed by atoms with Gasteiger partial charge in [-0.3, -0.25) is 0 Å². The van der Waals surface area contributed by atoms with E-state index < -0.39 is 6.09 Å². The second-order valence-electron chi connectivity index (χ2n) is 2.45. The van der Waals surface area contributed by atoms with Crippen LogP contribution in [0.1, 0.15) is 5.56 Å². The lowest BCUT2D eigenvalue weighted by molar-refractivity contribution is 0.203. The zero-order chi connectivity index (χ0) is 10.4. The summed E-state index contributed by atoms with van der Waals surface area (Å²) in [6.07, 6.45) is 0.762. The van der Waals surface area contributed by atoms with Crippen molar-refractivity contribution in [2.45, 2.75) is 0 Å². The van der Waals surface area contributed by atoms with E-state index in [1.807, 2.05) is 0 Å². The summed E-state index contributed by atoms with van der Waals surface area (Å²) in [6, 6.07) is 6.54. The molecule has 1 amide bonds. The molecule has 0 bridgehead atoms. The van der Waals surface area contributed by atoms with E-state index in [4.69, 9.17) is 9.94 Å². The minimum absolute atomic E-state index is 0.430. The maximum atomic E-state index is 10.8. The van der Waals surface area contributed by atoms with E-state index in [2.05, 4.69) is 10.5 Å². The third-order valence-corrected chi connectivity index (χ3v) is 1.50. The first-order chi connectivity index (χ1) is 6.76. The van der Waals surface area contributed by atoms with Crippen molar-refractivity contribution in [2.75, 3.05) is 7.05 Å². The lowest BCUT2D eigenvalue weighted by atomic mass is 10.2. The fraction of sp³-hybridized carbons (Fsp3) is 0.111. The first-order valence-corrected chi connectivity index (χ1v) is 3.93. The van der Waals surface area contributed by atoms with Crippen molar-refractivity contribution in [1.29, 1.82) is 0 Å². The average Bonchev–Trinajstić information content (AvgIpc) is 2.21. The highest BCUT2D eigenvalue weighted by Crippen LogP contribution is 2.10. The fourth-order valence-corrected chi connectivity index (χ4v) is 0.847. The number of nitrogens with one attached hydrogen (secondary N) is 1. The summed E-state index contributed by atoms with van der Waals surface area (Å²) >= 11 is 0. The van der Waals surface area contributed by atoms with Crippen LogP contribution in [-0.2, 0) is 0 Å². The second-order valence-corrected chi connectivity index (χ2v) is 2.45. The van der Waals surface area contributed by atoms with Crippen LogP contribution in [-0.4, -0.2) is 24.6 Å². The molecule has 0 atom stereocenters. The van der Waals surface area contributed by atoms with Crippen LogP contribution in [0.25, 0.3) is 0 Å². The molecule has 0 aliphatic heterocycles. The highest BCUT2D eigenvalue weighted by molar-refractivity contribution is 5.79. The van der Waals surface area contributed by atoms with Crippen LogP contribution in [0.2, 0.25) is 0 Å². The van der Waals surface area contributed by atoms with Crippen molar-refractivity contribution in [3.05, 3.63) is 29.8 Å². The number of nitrogens with zero attached hydrogens (tertiary/aromatic N) is 1. The van der Waals surface area contributed by atoms with E-state index in [1.165, 1.54) is 13.3 Å². The summed E-state index contributed by atoms with van der Waals surface area (Å²) < 4.78 is 4.84. The summed E-state index contributed by atoms with van der Waals surface area (Å²) in [4.78, 5) is 10.8. The molecular formula is C9H10N2O3. The van der Waals surface area contributed by atoms with E-state index in [9.17, 15) is 4.79 Å². The Morgan fingerprint density at radius 1 is 1.50 bits per heavy atom. The number of hydrogen-bond donors (Lipinski definition) is 2. The van der Waals surface area contributed by atoms with Crippen LogP contribution in [0, 0.1) is 0 Å². The molecule has 0 saturated carbocycles. The molecule has 0 aromatic heterocycles. The highest BCUT2D eigenvalue weighted by Gasteiger charge is 1.99. The third kappa shape index (κ3) is 2.78. The normalized spacial score (nSPS) is 10.1. The molecule has 0 fully saturated rings. The highest BCUT2D eigenvalue weighted by atomic mass is 16.5. The van der Waals surface area contributed by atoms with Gasteiger partial charge in [0.1, 0.15) is 5.75 Å². The number of oxime groups is 1. The molecule has 0 spiro atoms. The number of ether oxygens (including phenoxy) is 1. The smallest absolute Gasteiger partial charge is 0.411 e. The van der Waals surface area contributed by atoms with Gasteiger partial charge in [0.05, 0.1) is 6.21 Å². The fourth-order valence-electron chi connectivity index (χ4n) is 0.847. The van der Waals surface area contributed by atoms with Crippen LogP contribution in [0.15, 0.2) is 29.4 Å². The summed E-state index contributed by atoms with van der Waals surface area (Å²) in [6.45, 7) is 0. The van der Waals surface area contributed by atoms with Crippen molar-refractivity contribution in [3.63, 3.8) is 0 Å². The number of carbonyl (C=O) groups is 1. The maximum Gasteiger partial charge on any atom is 0.412 e. The molecule has 0 unspecified atom stereocenters. The predicted octanol–water partition coefficient (Wildman–Crippen LogP) is 1.21. The van der Waals surface area contributed by atoms with Crippen LogP contribution >= 0.6 is 0 Å². The average molecular weight is 194 g/mol. The minimum atomic E-state index is -0.520. The number of carbonyl (C=O) groups excluding carboxylic acids is 1. The van der Waals surface area contributed by atoms with Crippen molar-refractivity contribution in [3.8, 4) is 5.75 Å². The molecule has 0 saturated heterocycles. The maximum absolute atomic E-state index is 10.8. The van der Waals surface area contributed by atoms with E-state index in [0.29, 0.717) is 5.75 Å². The molecule has 1 aromatic carbocycles. The Morgan fingerprint density at radius 2 is 2.14 bits per heavy atom. The molecule has 0 aliphatic rings. The predicted molar refractivity (Wildman–Crippen MR) is 50.9 cm³/mol. The standard InChI is InChI=1S/C9H10N2O3/c1-10-9(12)14-8-4-2-7(3-5-8)6-11-13/h2-6,13H,1H3,(H,10,12). The number of benzene rings is 1. The van der Waals surface area contributed by atoms with Crippen molar-refractivity contribution >= 4 is 12.3 Å². The summed E-state index contributed by atoms with van der Waals surface area (Å²) in [7, 11) is 1.48. The Morgan fingerprint density at radius 3 is 2.64 bits per heavy atom. The molecule has 74 valence electrons. The van der Waals surface area contributed by atoms with Gasteiger partial charge in [-0.2, -0.15) is 0 Å². The van der Waals surface area contributed by atoms with E-state index >= 15 is 0 Å². The Bertz CT molecular complexity index is 332. The molecule has 5 heteroatoms. The van der Waals surface area contributed by atoms with Gasteiger partial charge in [-0.1, -0.05) is 5.16 Å². The van der Waals surface area contributed by atoms with Gasteiger partial charge in [0.2, 0.25) is 0 Å². The SMILES string of the molecule is CNC(=O)Oc1ccc(C=NO)cc1. The monoisotopic (exact) mass is 194 g/mol. The molecule has 14 heavy (non-hydrogen) atoms. The van der Waals surface area contributed by atoms with Gasteiger partial charge >= 0.3 is 6.09 Å². The number of hydrogen-bond acceptors (Lipinski definition) is 4. The van der Waals surface area contributed by atoms with E-state index in [0.717, 1.165) is 5.56 Å². The lowest BCUT2D eigenvalue weighted by Gasteiger charge is -2.02. The van der Waals surface area contributed by atoms with E-state index in [-0.39, 0.29) is 0 Å². The second kappa shape index (κ2) is 4.86. The molecule has 0 aliphatic carbocycles. The van der Waals surface area contributed by atoms with Crippen molar-refractivity contribution < 1.29 is 14.7 Å². The lowest BCUT2D eigenvalue weighted by Crippen LogP contribution is -2.21. The minimum Gasteiger partial charge on any atom is -0.411 e. The third-order valence-electron chi connectivity index (χ3n) is 1.50. The Kier molecular flexibility index (Phi) is 3.49. The van der Waals surface area contributed by atoms with Crippen LogP contribution < -0.4 is 10.1 Å². The van der Waals surface area contributed by atoms with Gasteiger partial charge in [-0.15, -0.1) is 0 Å². The van der Waals surface area contributed by atoms with Gasteiger partial charge in [-0.25, -0.2) is 4.79 Å². The molecular weight excluding hydrogens is 184 g/mol. The zero-order valence-corrected chi connectivity index (χ0v) is 7.60. The van der Waals surface area contributed by atoms with E-state index in [1.54, 1.807) is 24.3 Å². The molecule has 1 rings (SSSR count). The van der Waals surface area contributed by atoms with Crippen molar-refractivity contribution in [2.24, 2.45) is 5.16 Å². The van der Waals surface area contributed by atoms with Gasteiger partial charge in [-0.05, 0) is 29.8 Å². The quantitative estimate of drug-likeness (QED) is 0.422. The van der Waals surface area contributed by atoms with Gasteiger partial charge in [0.15, 0.2) is 0 Å². The molecule has 2 N–H and O–H groups in total. The first-order valence-electron chi connectivity index (χ1n) is 3.93. The summed E-state index contributed by atoms with van der Waals surface area (Å²) in [5.41, 5.74) is 0.719. The number of rotatable bonds is 2. The first kappa shape index (κ1) is 10.0. The van der Waals surface area contributed by atoms with Gasteiger partial charge in [0.25, 0.3) is 0 Å². The largest absolute Gasteiger partial charge is 0.412 e. The zero-order valence-electron chi connectivity index (χ0n) is 7.60. The van der Waals surface area contributed by atoms with Gasteiger partial charge < -0.3 is 15.3 Å². The number of amides is 1. The van der Waals surface area contributed by atoms with Gasteiger partial charge in [0, 0.05) is 7.05 Å². The van der Waals surface area contributed by atoms with Crippen LogP contribution in [0.5, 0.6) is 5.75 Å². The Hall–Kier alpha value is -2.04. The molecule has 1 aromatic rings.